The first kappa shape index (κ1) is 20.6. The fourth-order valence-electron chi connectivity index (χ4n) is 6.31. The van der Waals surface area contributed by atoms with Crippen LogP contribution in [0.25, 0.3) is 32.7 Å². The average molecular weight is 475 g/mol. The highest BCUT2D eigenvalue weighted by molar-refractivity contribution is 6.06. The van der Waals surface area contributed by atoms with Crippen LogP contribution in [0.4, 0.5) is 22.7 Å². The lowest BCUT2D eigenvalue weighted by molar-refractivity contribution is 0.978. The normalized spacial score (nSPS) is 13.5. The maximum atomic E-state index is 3.86. The van der Waals surface area contributed by atoms with Crippen molar-refractivity contribution < 1.29 is 0 Å². The van der Waals surface area contributed by atoms with Crippen molar-refractivity contribution in [1.29, 1.82) is 0 Å². The van der Waals surface area contributed by atoms with Crippen LogP contribution in [0.15, 0.2) is 109 Å². The van der Waals surface area contributed by atoms with Crippen LogP contribution >= 0.6 is 0 Å². The van der Waals surface area contributed by atoms with Gasteiger partial charge in [-0.3, -0.25) is 0 Å². The number of hydrogen-bond donors (Lipinski definition) is 2. The quantitative estimate of drug-likeness (QED) is 0.248. The summed E-state index contributed by atoms with van der Waals surface area (Å²) in [6, 6.07) is 40.0. The molecule has 2 aliphatic rings. The van der Waals surface area contributed by atoms with Gasteiger partial charge in [0.2, 0.25) is 0 Å². The van der Waals surface area contributed by atoms with Crippen molar-refractivity contribution in [3.05, 3.63) is 131 Å². The maximum Gasteiger partial charge on any atom is 0.0496 e. The Kier molecular flexibility index (Phi) is 4.44. The Morgan fingerprint density at radius 3 is 2.11 bits per heavy atom. The number of nitrogens with one attached hydrogen (secondary N) is 2. The van der Waals surface area contributed by atoms with Crippen LogP contribution in [0.1, 0.15) is 22.3 Å². The Labute approximate surface area is 216 Å². The molecule has 2 heteroatoms. The van der Waals surface area contributed by atoms with E-state index in [2.05, 4.69) is 120 Å². The third-order valence-electron chi connectivity index (χ3n) is 8.13. The topological polar surface area (TPSA) is 24.1 Å². The summed E-state index contributed by atoms with van der Waals surface area (Å²) in [6.07, 6.45) is 2.99. The highest BCUT2D eigenvalue weighted by atomic mass is 14.9. The molecule has 6 aromatic rings. The molecule has 176 valence electrons. The van der Waals surface area contributed by atoms with Gasteiger partial charge in [0.05, 0.1) is 0 Å². The number of anilines is 4. The minimum Gasteiger partial charge on any atom is -0.355 e. The SMILES string of the molecule is c1ccc2c(c1)CCc1cccc(-c3c4c(cc5ccccc35)Nc3cc5ccccc5cc3C4)c1N2. The molecule has 0 spiro atoms. The van der Waals surface area contributed by atoms with Crippen molar-refractivity contribution in [2.45, 2.75) is 19.3 Å². The minimum atomic E-state index is 0.906. The summed E-state index contributed by atoms with van der Waals surface area (Å²) in [4.78, 5) is 0. The molecule has 2 aliphatic heterocycles. The summed E-state index contributed by atoms with van der Waals surface area (Å²) in [6.45, 7) is 0. The summed E-state index contributed by atoms with van der Waals surface area (Å²) in [5.74, 6) is 0. The third-order valence-corrected chi connectivity index (χ3v) is 8.13. The Bertz CT molecular complexity index is 1860. The van der Waals surface area contributed by atoms with Gasteiger partial charge in [-0.05, 0) is 86.5 Å². The number of aryl methyl sites for hydroxylation is 2. The van der Waals surface area contributed by atoms with Crippen molar-refractivity contribution in [2.75, 3.05) is 10.6 Å². The summed E-state index contributed by atoms with van der Waals surface area (Å²) >= 11 is 0. The highest BCUT2D eigenvalue weighted by Gasteiger charge is 2.25. The molecule has 0 bridgehead atoms. The number of hydrogen-bond acceptors (Lipinski definition) is 2. The smallest absolute Gasteiger partial charge is 0.0496 e. The van der Waals surface area contributed by atoms with E-state index in [0.717, 1.165) is 19.3 Å². The Hall–Kier alpha value is -4.56. The molecule has 0 fully saturated rings. The van der Waals surface area contributed by atoms with Crippen LogP contribution in [0.2, 0.25) is 0 Å². The van der Waals surface area contributed by atoms with Gasteiger partial charge >= 0.3 is 0 Å². The number of para-hydroxylation sites is 2. The zero-order valence-corrected chi connectivity index (χ0v) is 20.5. The van der Waals surface area contributed by atoms with Gasteiger partial charge < -0.3 is 10.6 Å². The zero-order valence-electron chi connectivity index (χ0n) is 20.5. The molecular weight excluding hydrogens is 448 g/mol. The van der Waals surface area contributed by atoms with Gasteiger partial charge in [0, 0.05) is 34.7 Å². The predicted molar refractivity (Wildman–Crippen MR) is 157 cm³/mol. The molecule has 0 aliphatic carbocycles. The van der Waals surface area contributed by atoms with Gasteiger partial charge in [0.1, 0.15) is 0 Å². The van der Waals surface area contributed by atoms with E-state index in [1.54, 1.807) is 0 Å². The number of fused-ring (bicyclic) bond motifs is 6. The van der Waals surface area contributed by atoms with Crippen molar-refractivity contribution in [1.82, 2.24) is 0 Å². The third kappa shape index (κ3) is 3.26. The molecule has 0 atom stereocenters. The molecule has 0 unspecified atom stereocenters. The van der Waals surface area contributed by atoms with E-state index in [9.17, 15) is 0 Å². The van der Waals surface area contributed by atoms with Gasteiger partial charge in [-0.15, -0.1) is 0 Å². The van der Waals surface area contributed by atoms with E-state index in [0.29, 0.717) is 0 Å². The van der Waals surface area contributed by atoms with Crippen LogP contribution in [-0.4, -0.2) is 0 Å². The predicted octanol–water partition coefficient (Wildman–Crippen LogP) is 9.15. The summed E-state index contributed by atoms with van der Waals surface area (Å²) < 4.78 is 0. The largest absolute Gasteiger partial charge is 0.355 e. The molecule has 0 radical (unpaired) electrons. The molecule has 0 amide bonds. The molecular formula is C35H26N2. The molecule has 2 heterocycles. The van der Waals surface area contributed by atoms with Crippen molar-refractivity contribution in [3.63, 3.8) is 0 Å². The first-order valence-electron chi connectivity index (χ1n) is 13.1. The monoisotopic (exact) mass is 474 g/mol. The van der Waals surface area contributed by atoms with Gasteiger partial charge in [-0.1, -0.05) is 84.9 Å². The van der Waals surface area contributed by atoms with E-state index in [1.807, 2.05) is 0 Å². The van der Waals surface area contributed by atoms with Crippen LogP contribution in [0.5, 0.6) is 0 Å². The van der Waals surface area contributed by atoms with Crippen molar-refractivity contribution in [2.24, 2.45) is 0 Å². The Morgan fingerprint density at radius 1 is 0.486 bits per heavy atom. The number of benzene rings is 6. The fraction of sp³-hybridized carbons (Fsp3) is 0.0857. The Balaban J connectivity index is 1.38. The van der Waals surface area contributed by atoms with Crippen molar-refractivity contribution in [3.8, 4) is 11.1 Å². The molecule has 0 saturated carbocycles. The van der Waals surface area contributed by atoms with E-state index < -0.39 is 0 Å². The lowest BCUT2D eigenvalue weighted by atomic mass is 9.84. The highest BCUT2D eigenvalue weighted by Crippen LogP contribution is 2.47. The second-order valence-electron chi connectivity index (χ2n) is 10.3. The van der Waals surface area contributed by atoms with Gasteiger partial charge in [-0.25, -0.2) is 0 Å². The van der Waals surface area contributed by atoms with E-state index in [1.165, 1.54) is 77.7 Å². The molecule has 8 rings (SSSR count). The van der Waals surface area contributed by atoms with Gasteiger partial charge in [0.15, 0.2) is 0 Å². The number of rotatable bonds is 1. The second kappa shape index (κ2) is 7.97. The fourth-order valence-corrected chi connectivity index (χ4v) is 6.31. The molecule has 2 N–H and O–H groups in total. The van der Waals surface area contributed by atoms with E-state index >= 15 is 0 Å². The second-order valence-corrected chi connectivity index (χ2v) is 10.3. The van der Waals surface area contributed by atoms with Crippen LogP contribution in [0, 0.1) is 0 Å². The van der Waals surface area contributed by atoms with Crippen molar-refractivity contribution >= 4 is 44.3 Å². The summed E-state index contributed by atoms with van der Waals surface area (Å²) in [7, 11) is 0. The molecule has 2 nitrogen and oxygen atoms in total. The average Bonchev–Trinajstić information content (AvgIpc) is 3.13. The molecule has 0 aromatic heterocycles. The first-order valence-corrected chi connectivity index (χ1v) is 13.1. The Morgan fingerprint density at radius 2 is 1.19 bits per heavy atom. The van der Waals surface area contributed by atoms with Crippen LogP contribution in [0.3, 0.4) is 0 Å². The summed E-state index contributed by atoms with van der Waals surface area (Å²) in [5.41, 5.74) is 13.0. The van der Waals surface area contributed by atoms with Crippen LogP contribution < -0.4 is 10.6 Å². The lowest BCUT2D eigenvalue weighted by Crippen LogP contribution is -2.09. The van der Waals surface area contributed by atoms with Gasteiger partial charge in [0.25, 0.3) is 0 Å². The summed E-state index contributed by atoms with van der Waals surface area (Å²) in [5, 5.41) is 12.8. The van der Waals surface area contributed by atoms with E-state index in [-0.39, 0.29) is 0 Å². The van der Waals surface area contributed by atoms with E-state index in [4.69, 9.17) is 0 Å². The lowest BCUT2D eigenvalue weighted by Gasteiger charge is -2.27. The standard InChI is InChI=1S/C35H26N2/c1-2-10-25-20-32-27(18-24(25)9-1)19-30-33(36-32)21-26-11-3-5-13-28(26)34(30)29-14-7-12-23-17-16-22-8-4-6-15-31(22)37-35(23)29/h1-15,18,20-21,36-37H,16-17,19H2. The molecule has 6 aromatic carbocycles. The zero-order chi connectivity index (χ0) is 24.3. The first-order chi connectivity index (χ1) is 18.3. The van der Waals surface area contributed by atoms with Crippen LogP contribution in [-0.2, 0) is 19.3 Å². The minimum absolute atomic E-state index is 0.906. The maximum absolute atomic E-state index is 3.86. The molecule has 0 saturated heterocycles. The van der Waals surface area contributed by atoms with Gasteiger partial charge in [-0.2, -0.15) is 0 Å². The molecule has 37 heavy (non-hydrogen) atoms.